The molecule has 3 heterocycles. The molecular formula is C48H45BrMgN2O4. The summed E-state index contributed by atoms with van der Waals surface area (Å²) >= 11 is 0. The number of rotatable bonds is 3. The number of fused-ring (bicyclic) bond motifs is 6. The first-order chi connectivity index (χ1) is 25.8. The Morgan fingerprint density at radius 1 is 0.571 bits per heavy atom. The van der Waals surface area contributed by atoms with Crippen LogP contribution in [0.5, 0.6) is 0 Å². The summed E-state index contributed by atoms with van der Waals surface area (Å²) in [6.45, 7) is 7.76. The third-order valence-corrected chi connectivity index (χ3v) is 9.41. The summed E-state index contributed by atoms with van der Waals surface area (Å²) in [5, 5.41) is 20.3. The number of nitrogens with zero attached hydrogens (tertiary/aromatic N) is 2. The van der Waals surface area contributed by atoms with Crippen molar-refractivity contribution in [3.63, 3.8) is 0 Å². The molecular weight excluding hydrogens is 773 g/mol. The van der Waals surface area contributed by atoms with Crippen molar-refractivity contribution in [2.24, 2.45) is 0 Å². The molecule has 6 nitrogen and oxygen atoms in total. The standard InChI is InChI=1S/C22H19NO.C20H15N.C4H8O.CO2.CH3.BrH.Mg/c1-22(2,24)20-10-6-5-9-19(20)21-18-12-11-15-7-3-4-8-16(15)17(18)13-14-23-21;1-14-6-2-4-8-16(14)20-19-11-10-15-7-3-5-9-17(15)18(19)12-13-21-20;1-2-4-5-3-1;2-1-3;;;/h3-14,24H,1-2H3;2-13H,1H3;1-4H2;;1H3;1H;/q;;;;-1;;+2/p-1. The van der Waals surface area contributed by atoms with E-state index in [1.807, 2.05) is 50.5 Å². The van der Waals surface area contributed by atoms with Crippen molar-refractivity contribution in [2.45, 2.75) is 39.2 Å². The van der Waals surface area contributed by atoms with Gasteiger partial charge in [-0.3, -0.25) is 9.97 Å². The van der Waals surface area contributed by atoms with E-state index in [0.717, 1.165) is 41.1 Å². The topological polar surface area (TPSA) is 89.4 Å². The molecule has 0 saturated carbocycles. The fourth-order valence-corrected chi connectivity index (χ4v) is 6.88. The summed E-state index contributed by atoms with van der Waals surface area (Å²) < 4.78 is 4.94. The third kappa shape index (κ3) is 10.5. The van der Waals surface area contributed by atoms with Gasteiger partial charge in [-0.15, -0.1) is 0 Å². The second kappa shape index (κ2) is 21.5. The molecule has 1 saturated heterocycles. The SMILES string of the molecule is C1CCOC1.CC(C)(O)c1ccccc1-c1nccc2c1ccc1ccccc12.Cc1ccccc1-c1nccc2c1ccc1ccccc12.O=C=O.[Br-].[CH3-].[Mg+2]. The summed E-state index contributed by atoms with van der Waals surface area (Å²) in [5.41, 5.74) is 5.39. The van der Waals surface area contributed by atoms with Crippen molar-refractivity contribution in [3.05, 3.63) is 164 Å². The monoisotopic (exact) mass is 816 g/mol. The van der Waals surface area contributed by atoms with Crippen molar-refractivity contribution in [1.82, 2.24) is 9.97 Å². The van der Waals surface area contributed by atoms with Crippen LogP contribution in [-0.4, -0.2) is 57.5 Å². The maximum atomic E-state index is 10.5. The summed E-state index contributed by atoms with van der Waals surface area (Å²) in [7, 11) is 0. The zero-order valence-electron chi connectivity index (χ0n) is 32.3. The second-order valence-electron chi connectivity index (χ2n) is 13.4. The Morgan fingerprint density at radius 2 is 1.00 bits per heavy atom. The zero-order valence-corrected chi connectivity index (χ0v) is 35.3. The fourth-order valence-electron chi connectivity index (χ4n) is 6.88. The molecule has 0 unspecified atom stereocenters. The molecule has 2 aromatic heterocycles. The molecule has 0 radical (unpaired) electrons. The summed E-state index contributed by atoms with van der Waals surface area (Å²) in [6.07, 6.45) is 6.57. The first-order valence-electron chi connectivity index (χ1n) is 17.8. The minimum atomic E-state index is -0.919. The molecule has 8 aromatic rings. The quantitative estimate of drug-likeness (QED) is 0.111. The van der Waals surface area contributed by atoms with Crippen LogP contribution in [0.15, 0.2) is 146 Å². The minimum Gasteiger partial charge on any atom is -1.00 e. The number of aliphatic hydroxyl groups is 1. The average molecular weight is 818 g/mol. The number of aromatic nitrogens is 2. The molecule has 9 rings (SSSR count). The van der Waals surface area contributed by atoms with E-state index in [9.17, 15) is 5.11 Å². The number of carbonyl (C=O) groups excluding carboxylic acids is 2. The molecule has 8 heteroatoms. The largest absolute Gasteiger partial charge is 2.00 e. The van der Waals surface area contributed by atoms with Crippen molar-refractivity contribution < 1.29 is 36.4 Å². The van der Waals surface area contributed by atoms with Crippen LogP contribution >= 0.6 is 0 Å². The van der Waals surface area contributed by atoms with E-state index in [2.05, 4.69) is 126 Å². The van der Waals surface area contributed by atoms with E-state index in [4.69, 9.17) is 14.3 Å². The van der Waals surface area contributed by atoms with Crippen LogP contribution in [0.4, 0.5) is 0 Å². The van der Waals surface area contributed by atoms with E-state index in [1.54, 1.807) is 0 Å². The van der Waals surface area contributed by atoms with Gasteiger partial charge in [0.05, 0.1) is 17.0 Å². The summed E-state index contributed by atoms with van der Waals surface area (Å²) in [6, 6.07) is 46.1. The van der Waals surface area contributed by atoms with E-state index < -0.39 is 5.60 Å². The number of halogens is 1. The van der Waals surface area contributed by atoms with Crippen LogP contribution in [-0.2, 0) is 19.9 Å². The first-order valence-corrected chi connectivity index (χ1v) is 17.8. The molecule has 1 aliphatic rings. The average Bonchev–Trinajstić information content (AvgIpc) is 3.79. The Morgan fingerprint density at radius 3 is 1.46 bits per heavy atom. The van der Waals surface area contributed by atoms with Crippen LogP contribution in [0.2, 0.25) is 0 Å². The predicted octanol–water partition coefficient (Wildman–Crippen LogP) is 7.93. The minimum absolute atomic E-state index is 0. The van der Waals surface area contributed by atoms with Crippen LogP contribution < -0.4 is 17.0 Å². The Labute approximate surface area is 355 Å². The van der Waals surface area contributed by atoms with Gasteiger partial charge in [0.2, 0.25) is 0 Å². The van der Waals surface area contributed by atoms with Gasteiger partial charge in [0.15, 0.2) is 0 Å². The summed E-state index contributed by atoms with van der Waals surface area (Å²) in [5.74, 6) is 0. The molecule has 0 bridgehead atoms. The van der Waals surface area contributed by atoms with Crippen LogP contribution in [0.1, 0.15) is 37.8 Å². The molecule has 280 valence electrons. The number of benzene rings is 6. The Hall–Kier alpha value is -4.79. The van der Waals surface area contributed by atoms with Crippen molar-refractivity contribution in [2.75, 3.05) is 13.2 Å². The molecule has 6 aromatic carbocycles. The molecule has 0 atom stereocenters. The van der Waals surface area contributed by atoms with Crippen molar-refractivity contribution in [3.8, 4) is 22.5 Å². The van der Waals surface area contributed by atoms with Gasteiger partial charge in [-0.2, -0.15) is 9.59 Å². The number of hydrogen-bond acceptors (Lipinski definition) is 6. The van der Waals surface area contributed by atoms with Gasteiger partial charge in [-0.05, 0) is 89.2 Å². The van der Waals surface area contributed by atoms with Crippen molar-refractivity contribution >= 4 is 72.3 Å². The van der Waals surface area contributed by atoms with Gasteiger partial charge < -0.3 is 34.3 Å². The molecule has 56 heavy (non-hydrogen) atoms. The van der Waals surface area contributed by atoms with Gasteiger partial charge >= 0.3 is 29.2 Å². The zero-order chi connectivity index (χ0) is 37.2. The van der Waals surface area contributed by atoms with E-state index in [1.165, 1.54) is 61.7 Å². The van der Waals surface area contributed by atoms with Crippen molar-refractivity contribution in [1.29, 1.82) is 0 Å². The Balaban J connectivity index is 0.000000241. The number of pyridine rings is 2. The predicted molar refractivity (Wildman–Crippen MR) is 227 cm³/mol. The third-order valence-electron chi connectivity index (χ3n) is 9.41. The van der Waals surface area contributed by atoms with Crippen LogP contribution in [0.25, 0.3) is 65.6 Å². The fraction of sp³-hybridized carbons (Fsp3) is 0.167. The van der Waals surface area contributed by atoms with Gasteiger partial charge in [0, 0.05) is 47.5 Å². The molecule has 0 amide bonds. The van der Waals surface area contributed by atoms with Gasteiger partial charge in [-0.25, -0.2) is 0 Å². The van der Waals surface area contributed by atoms with Crippen LogP contribution in [0, 0.1) is 14.4 Å². The van der Waals surface area contributed by atoms with E-state index >= 15 is 0 Å². The second-order valence-corrected chi connectivity index (χ2v) is 13.4. The van der Waals surface area contributed by atoms with E-state index in [0.29, 0.717) is 0 Å². The summed E-state index contributed by atoms with van der Waals surface area (Å²) in [4.78, 5) is 25.5. The number of ether oxygens (including phenoxy) is 1. The maximum Gasteiger partial charge on any atom is 2.00 e. The Kier molecular flexibility index (Phi) is 17.5. The molecule has 0 aliphatic carbocycles. The van der Waals surface area contributed by atoms with Gasteiger partial charge in [0.1, 0.15) is 0 Å². The smallest absolute Gasteiger partial charge is 1.00 e. The molecule has 1 N–H and O–H groups in total. The number of hydrogen-bond donors (Lipinski definition) is 1. The van der Waals surface area contributed by atoms with Gasteiger partial charge in [0.25, 0.3) is 0 Å². The maximum absolute atomic E-state index is 10.5. The number of aryl methyl sites for hydroxylation is 1. The Bertz CT molecular complexity index is 2530. The van der Waals surface area contributed by atoms with Gasteiger partial charge in [-0.1, -0.05) is 121 Å². The molecule has 1 aliphatic heterocycles. The molecule has 1 fully saturated rings. The van der Waals surface area contributed by atoms with E-state index in [-0.39, 0.29) is 53.6 Å². The normalized spacial score (nSPS) is 11.6. The van der Waals surface area contributed by atoms with Crippen LogP contribution in [0.3, 0.4) is 0 Å². The molecule has 0 spiro atoms. The first kappa shape index (κ1) is 45.6.